The van der Waals surface area contributed by atoms with E-state index in [0.29, 0.717) is 6.54 Å². The monoisotopic (exact) mass is 408 g/mol. The molecule has 0 aliphatic carbocycles. The summed E-state index contributed by atoms with van der Waals surface area (Å²) < 4.78 is 41.4. The summed E-state index contributed by atoms with van der Waals surface area (Å²) in [6.07, 6.45) is 2.54. The highest BCUT2D eigenvalue weighted by Gasteiger charge is 2.31. The van der Waals surface area contributed by atoms with Crippen LogP contribution in [-0.2, 0) is 25.8 Å². The fraction of sp³-hybridized carbons (Fsp3) is 0.412. The van der Waals surface area contributed by atoms with Gasteiger partial charge in [0, 0.05) is 38.2 Å². The highest BCUT2D eigenvalue weighted by Crippen LogP contribution is 2.28. The molecule has 0 atom stereocenters. The number of hydrogen-bond acceptors (Lipinski definition) is 6. The molecular formula is C17H19F3N8O. The molecule has 154 valence electrons. The lowest BCUT2D eigenvalue weighted by Crippen LogP contribution is -2.23. The minimum absolute atomic E-state index is 0.0943. The summed E-state index contributed by atoms with van der Waals surface area (Å²) in [4.78, 5) is 15.7. The van der Waals surface area contributed by atoms with Crippen molar-refractivity contribution >= 4 is 5.91 Å². The van der Waals surface area contributed by atoms with E-state index < -0.39 is 17.6 Å². The van der Waals surface area contributed by atoms with Crippen LogP contribution >= 0.6 is 0 Å². The first-order chi connectivity index (χ1) is 13.8. The molecule has 29 heavy (non-hydrogen) atoms. The third-order valence-corrected chi connectivity index (χ3v) is 4.02. The molecule has 3 aromatic rings. The number of pyridine rings is 1. The summed E-state index contributed by atoms with van der Waals surface area (Å²) in [5, 5.41) is 18.1. The van der Waals surface area contributed by atoms with Crippen molar-refractivity contribution in [2.75, 3.05) is 0 Å². The van der Waals surface area contributed by atoms with Crippen LogP contribution in [0, 0.1) is 6.92 Å². The van der Waals surface area contributed by atoms with Crippen LogP contribution < -0.4 is 5.32 Å². The van der Waals surface area contributed by atoms with Gasteiger partial charge < -0.3 is 5.32 Å². The number of alkyl halides is 3. The maximum absolute atomic E-state index is 12.7. The van der Waals surface area contributed by atoms with Gasteiger partial charge in [0.1, 0.15) is 0 Å². The number of halogens is 3. The van der Waals surface area contributed by atoms with Crippen molar-refractivity contribution in [1.82, 2.24) is 40.3 Å². The summed E-state index contributed by atoms with van der Waals surface area (Å²) in [6.45, 7) is 3.08. The lowest BCUT2D eigenvalue weighted by atomic mass is 10.2. The zero-order chi connectivity index (χ0) is 20.9. The zero-order valence-electron chi connectivity index (χ0n) is 15.6. The van der Waals surface area contributed by atoms with E-state index in [0.717, 1.165) is 37.3 Å². The van der Waals surface area contributed by atoms with Crippen LogP contribution in [0.15, 0.2) is 30.9 Å². The number of amides is 1. The first-order valence-electron chi connectivity index (χ1n) is 8.87. The molecule has 9 nitrogen and oxygen atoms in total. The Morgan fingerprint density at radius 2 is 1.76 bits per heavy atom. The van der Waals surface area contributed by atoms with Gasteiger partial charge in [-0.15, -0.1) is 10.2 Å². The number of unbranched alkanes of at least 4 members (excludes halogenated alkanes) is 1. The van der Waals surface area contributed by atoms with Gasteiger partial charge in [0.25, 0.3) is 5.91 Å². The Labute approximate surface area is 163 Å². The highest BCUT2D eigenvalue weighted by atomic mass is 19.4. The fourth-order valence-electron chi connectivity index (χ4n) is 2.58. The van der Waals surface area contributed by atoms with Gasteiger partial charge in [-0.05, 0) is 31.4 Å². The number of rotatable bonds is 8. The second kappa shape index (κ2) is 8.80. The smallest absolute Gasteiger partial charge is 0.346 e. The second-order valence-electron chi connectivity index (χ2n) is 6.46. The highest BCUT2D eigenvalue weighted by molar-refractivity contribution is 5.91. The topological polar surface area (TPSA) is 103 Å². The lowest BCUT2D eigenvalue weighted by molar-refractivity contribution is -0.137. The van der Waals surface area contributed by atoms with Crippen molar-refractivity contribution < 1.29 is 18.0 Å². The Balaban J connectivity index is 1.45. The predicted molar refractivity (Wildman–Crippen MR) is 94.4 cm³/mol. The average molecular weight is 408 g/mol. The molecular weight excluding hydrogens is 389 g/mol. The van der Waals surface area contributed by atoms with E-state index in [4.69, 9.17) is 0 Å². The van der Waals surface area contributed by atoms with Crippen LogP contribution in [0.2, 0.25) is 0 Å². The quantitative estimate of drug-likeness (QED) is 0.572. The van der Waals surface area contributed by atoms with Crippen LogP contribution in [0.3, 0.4) is 0 Å². The molecule has 0 radical (unpaired) electrons. The summed E-state index contributed by atoms with van der Waals surface area (Å²) in [6, 6.07) is 0.945. The number of hydrogen-bond donors (Lipinski definition) is 1. The molecule has 0 spiro atoms. The number of nitrogens with zero attached hydrogens (tertiary/aromatic N) is 7. The maximum atomic E-state index is 12.7. The van der Waals surface area contributed by atoms with Crippen LogP contribution in [0.5, 0.6) is 0 Å². The molecule has 0 aromatic carbocycles. The van der Waals surface area contributed by atoms with Crippen LogP contribution in [0.1, 0.15) is 40.2 Å². The maximum Gasteiger partial charge on any atom is 0.417 e. The molecule has 12 heteroatoms. The number of aromatic nitrogens is 7. The Morgan fingerprint density at radius 3 is 2.41 bits per heavy atom. The normalized spacial score (nSPS) is 11.6. The van der Waals surface area contributed by atoms with E-state index in [2.05, 4.69) is 30.9 Å². The van der Waals surface area contributed by atoms with Gasteiger partial charge in [0.05, 0.1) is 17.5 Å². The van der Waals surface area contributed by atoms with Crippen LogP contribution in [-0.4, -0.2) is 40.9 Å². The fourth-order valence-corrected chi connectivity index (χ4v) is 2.58. The first-order valence-corrected chi connectivity index (χ1v) is 8.87. The van der Waals surface area contributed by atoms with E-state index in [1.54, 1.807) is 9.36 Å². The van der Waals surface area contributed by atoms with Gasteiger partial charge in [-0.25, -0.2) is 0 Å². The van der Waals surface area contributed by atoms with Crippen molar-refractivity contribution in [3.8, 4) is 0 Å². The summed E-state index contributed by atoms with van der Waals surface area (Å²) >= 11 is 0. The molecule has 0 aliphatic rings. The van der Waals surface area contributed by atoms with Gasteiger partial charge in [-0.2, -0.15) is 13.2 Å². The van der Waals surface area contributed by atoms with Gasteiger partial charge in [-0.3, -0.25) is 19.1 Å². The molecule has 0 bridgehead atoms. The predicted octanol–water partition coefficient (Wildman–Crippen LogP) is 2.00. The first kappa shape index (κ1) is 20.4. The molecule has 3 heterocycles. The molecule has 0 aliphatic heterocycles. The van der Waals surface area contributed by atoms with E-state index >= 15 is 0 Å². The van der Waals surface area contributed by atoms with E-state index in [-0.39, 0.29) is 17.8 Å². The molecule has 3 aromatic heterocycles. The van der Waals surface area contributed by atoms with Gasteiger partial charge in [0.15, 0.2) is 5.69 Å². The van der Waals surface area contributed by atoms with Crippen molar-refractivity contribution in [2.45, 2.75) is 45.6 Å². The molecule has 0 saturated carbocycles. The van der Waals surface area contributed by atoms with Crippen LogP contribution in [0.25, 0.3) is 0 Å². The molecule has 0 fully saturated rings. The number of nitrogens with one attached hydrogen (secondary N) is 1. The van der Waals surface area contributed by atoms with Gasteiger partial charge >= 0.3 is 6.18 Å². The standard InChI is InChI=1S/C17H19F3N8O/c1-12-10-27(25-23-12)4-2-3-5-28-11-15(24-26-28)16(29)22-8-13-6-14(9-21-7-13)17(18,19)20/h6-7,9-11H,2-5,8H2,1H3,(H,22,29). The summed E-state index contributed by atoms with van der Waals surface area (Å²) in [5.74, 6) is -0.522. The SMILES string of the molecule is Cc1cn(CCCCn2cc(C(=O)NCc3cncc(C(F)(F)F)c3)nn2)nn1. The Kier molecular flexibility index (Phi) is 6.20. The van der Waals surface area contributed by atoms with Gasteiger partial charge in [0.2, 0.25) is 0 Å². The van der Waals surface area contributed by atoms with E-state index in [9.17, 15) is 18.0 Å². The third-order valence-electron chi connectivity index (χ3n) is 4.02. The molecule has 0 unspecified atom stereocenters. The average Bonchev–Trinajstić information content (AvgIpc) is 3.32. The Hall–Kier alpha value is -3.31. The number of aryl methyl sites for hydroxylation is 3. The number of carbonyl (C=O) groups is 1. The van der Waals surface area contributed by atoms with E-state index in [1.165, 1.54) is 12.4 Å². The van der Waals surface area contributed by atoms with Crippen molar-refractivity contribution in [3.63, 3.8) is 0 Å². The Bertz CT molecular complexity index is 965. The van der Waals surface area contributed by atoms with Gasteiger partial charge in [-0.1, -0.05) is 10.4 Å². The van der Waals surface area contributed by atoms with Crippen molar-refractivity contribution in [1.29, 1.82) is 0 Å². The molecule has 0 saturated heterocycles. The largest absolute Gasteiger partial charge is 0.417 e. The molecule has 1 amide bonds. The van der Waals surface area contributed by atoms with Crippen LogP contribution in [0.4, 0.5) is 13.2 Å². The molecule has 3 rings (SSSR count). The van der Waals surface area contributed by atoms with Crippen molar-refractivity contribution in [2.24, 2.45) is 0 Å². The Morgan fingerprint density at radius 1 is 1.07 bits per heavy atom. The van der Waals surface area contributed by atoms with Crippen molar-refractivity contribution in [3.05, 3.63) is 53.4 Å². The number of carbonyl (C=O) groups excluding carboxylic acids is 1. The minimum Gasteiger partial charge on any atom is -0.346 e. The minimum atomic E-state index is -4.48. The lowest BCUT2D eigenvalue weighted by Gasteiger charge is -2.08. The van der Waals surface area contributed by atoms with E-state index in [1.807, 2.05) is 13.1 Å². The second-order valence-corrected chi connectivity index (χ2v) is 6.46. The molecule has 1 N–H and O–H groups in total. The summed E-state index contributed by atoms with van der Waals surface area (Å²) in [5.41, 5.74) is 0.329. The zero-order valence-corrected chi connectivity index (χ0v) is 15.6. The summed E-state index contributed by atoms with van der Waals surface area (Å²) in [7, 11) is 0. The third kappa shape index (κ3) is 5.83.